The summed E-state index contributed by atoms with van der Waals surface area (Å²) in [5, 5.41) is 0. The summed E-state index contributed by atoms with van der Waals surface area (Å²) < 4.78 is 10.3. The minimum absolute atomic E-state index is 0.425. The van der Waals surface area contributed by atoms with Crippen LogP contribution in [0.25, 0.3) is 5.76 Å². The third-order valence-corrected chi connectivity index (χ3v) is 2.93. The fourth-order valence-electron chi connectivity index (χ4n) is 2.01. The number of aldehydes is 1. The van der Waals surface area contributed by atoms with Gasteiger partial charge in [-0.2, -0.15) is 0 Å². The lowest BCUT2D eigenvalue weighted by Gasteiger charge is -2.30. The number of carbonyl (C=O) groups excluding carboxylic acids is 2. The fraction of sp³-hybridized carbons (Fsp3) is 0.231. The molecule has 1 atom stereocenters. The number of hydrogen-bond donors (Lipinski definition) is 0. The fourth-order valence-corrected chi connectivity index (χ4v) is 2.01. The highest BCUT2D eigenvalue weighted by molar-refractivity contribution is 6.14. The Bertz CT molecular complexity index is 504. The molecule has 1 unspecified atom stereocenters. The van der Waals surface area contributed by atoms with Crippen molar-refractivity contribution in [3.63, 3.8) is 0 Å². The van der Waals surface area contributed by atoms with Gasteiger partial charge in [0.25, 0.3) is 0 Å². The molecule has 1 aliphatic rings. The smallest absolute Gasteiger partial charge is 0.211 e. The third kappa shape index (κ3) is 1.49. The summed E-state index contributed by atoms with van der Waals surface area (Å²) in [6.45, 7) is 0. The van der Waals surface area contributed by atoms with Gasteiger partial charge in [0, 0.05) is 24.3 Å². The lowest BCUT2D eigenvalue weighted by molar-refractivity contribution is -0.145. The van der Waals surface area contributed by atoms with Gasteiger partial charge in [-0.3, -0.25) is 9.59 Å². The third-order valence-electron chi connectivity index (χ3n) is 2.93. The van der Waals surface area contributed by atoms with Gasteiger partial charge in [-0.15, -0.1) is 0 Å². The van der Waals surface area contributed by atoms with E-state index in [2.05, 4.69) is 0 Å². The molecule has 0 spiro atoms. The molecule has 88 valence electrons. The second-order valence-electron chi connectivity index (χ2n) is 3.68. The van der Waals surface area contributed by atoms with E-state index in [1.807, 2.05) is 6.07 Å². The molecule has 0 saturated heterocycles. The molecule has 1 aliphatic carbocycles. The van der Waals surface area contributed by atoms with Crippen LogP contribution >= 0.6 is 0 Å². The predicted octanol–water partition coefficient (Wildman–Crippen LogP) is 1.30. The maximum Gasteiger partial charge on any atom is 0.211 e. The van der Waals surface area contributed by atoms with Crippen molar-refractivity contribution in [3.05, 3.63) is 41.5 Å². The van der Waals surface area contributed by atoms with Gasteiger partial charge in [0.2, 0.25) is 11.4 Å². The van der Waals surface area contributed by atoms with Crippen LogP contribution in [0.15, 0.2) is 30.3 Å². The van der Waals surface area contributed by atoms with E-state index in [4.69, 9.17) is 9.47 Å². The van der Waals surface area contributed by atoms with E-state index < -0.39 is 11.4 Å². The Hall–Kier alpha value is -1.94. The number of fused-ring (bicyclic) bond motifs is 1. The van der Waals surface area contributed by atoms with Crippen LogP contribution in [0.4, 0.5) is 0 Å². The van der Waals surface area contributed by atoms with Gasteiger partial charge < -0.3 is 9.47 Å². The molecule has 0 aromatic heterocycles. The van der Waals surface area contributed by atoms with Crippen molar-refractivity contribution in [2.24, 2.45) is 0 Å². The zero-order valence-corrected chi connectivity index (χ0v) is 9.60. The number of ether oxygens (including phenoxy) is 2. The Morgan fingerprint density at radius 2 is 1.94 bits per heavy atom. The lowest BCUT2D eigenvalue weighted by atomic mass is 9.82. The van der Waals surface area contributed by atoms with Gasteiger partial charge in [-0.25, -0.2) is 0 Å². The summed E-state index contributed by atoms with van der Waals surface area (Å²) >= 11 is 0. The van der Waals surface area contributed by atoms with Crippen molar-refractivity contribution in [2.75, 3.05) is 14.2 Å². The molecule has 4 nitrogen and oxygen atoms in total. The number of rotatable bonds is 3. The van der Waals surface area contributed by atoms with Crippen LogP contribution in [0.1, 0.15) is 11.1 Å². The lowest BCUT2D eigenvalue weighted by Crippen LogP contribution is -2.41. The first kappa shape index (κ1) is 11.5. The Morgan fingerprint density at radius 1 is 1.24 bits per heavy atom. The molecule has 0 aliphatic heterocycles. The van der Waals surface area contributed by atoms with E-state index >= 15 is 0 Å². The monoisotopic (exact) mass is 232 g/mol. The number of hydrogen-bond acceptors (Lipinski definition) is 4. The number of carbonyl (C=O) groups is 2. The molecule has 0 heterocycles. The molecule has 0 radical (unpaired) electrons. The van der Waals surface area contributed by atoms with Gasteiger partial charge in [0.1, 0.15) is 5.76 Å². The molecule has 1 aromatic carbocycles. The molecule has 2 rings (SSSR count). The quantitative estimate of drug-likeness (QED) is 0.582. The molecule has 0 fully saturated rings. The van der Waals surface area contributed by atoms with Crippen LogP contribution < -0.4 is 0 Å². The molecular weight excluding hydrogens is 220 g/mol. The van der Waals surface area contributed by atoms with Crippen LogP contribution in [0, 0.1) is 0 Å². The van der Waals surface area contributed by atoms with Crippen LogP contribution in [-0.4, -0.2) is 26.3 Å². The summed E-state index contributed by atoms with van der Waals surface area (Å²) in [5.74, 6) is 0.0191. The van der Waals surface area contributed by atoms with E-state index in [9.17, 15) is 9.59 Å². The highest BCUT2D eigenvalue weighted by atomic mass is 16.5. The first-order valence-electron chi connectivity index (χ1n) is 5.11. The highest BCUT2D eigenvalue weighted by Crippen LogP contribution is 2.36. The van der Waals surface area contributed by atoms with Crippen LogP contribution in [0.5, 0.6) is 0 Å². The molecular formula is C13H12O4. The SMILES string of the molecule is COC1=CC(=O)C(C=O)(OC)c2ccccc21. The second kappa shape index (κ2) is 4.14. The molecule has 0 saturated carbocycles. The Kier molecular flexibility index (Phi) is 2.81. The highest BCUT2D eigenvalue weighted by Gasteiger charge is 2.44. The molecule has 0 amide bonds. The standard InChI is InChI=1S/C13H12O4/c1-16-11-7-12(15)13(8-14,17-2)10-6-4-3-5-9(10)11/h3-8H,1-2H3. The van der Waals surface area contributed by atoms with Crippen molar-refractivity contribution in [2.45, 2.75) is 5.60 Å². The van der Waals surface area contributed by atoms with E-state index in [-0.39, 0.29) is 0 Å². The van der Waals surface area contributed by atoms with E-state index in [0.717, 1.165) is 0 Å². The first-order chi connectivity index (χ1) is 8.19. The van der Waals surface area contributed by atoms with Crippen molar-refractivity contribution >= 4 is 17.8 Å². The second-order valence-corrected chi connectivity index (χ2v) is 3.68. The zero-order valence-electron chi connectivity index (χ0n) is 9.60. The van der Waals surface area contributed by atoms with Crippen molar-refractivity contribution < 1.29 is 19.1 Å². The van der Waals surface area contributed by atoms with Gasteiger partial charge in [0.15, 0.2) is 6.29 Å². The Morgan fingerprint density at radius 3 is 2.53 bits per heavy atom. The molecule has 0 N–H and O–H groups in total. The Labute approximate surface area is 98.8 Å². The summed E-state index contributed by atoms with van der Waals surface area (Å²) in [5.41, 5.74) is -0.330. The van der Waals surface area contributed by atoms with Crippen molar-refractivity contribution in [1.82, 2.24) is 0 Å². The van der Waals surface area contributed by atoms with Crippen LogP contribution in [-0.2, 0) is 24.7 Å². The first-order valence-corrected chi connectivity index (χ1v) is 5.11. The van der Waals surface area contributed by atoms with E-state index in [1.54, 1.807) is 18.2 Å². The summed E-state index contributed by atoms with van der Waals surface area (Å²) in [4.78, 5) is 23.3. The topological polar surface area (TPSA) is 52.6 Å². The molecule has 0 bridgehead atoms. The minimum atomic E-state index is -1.54. The average Bonchev–Trinajstić information content (AvgIpc) is 2.38. The Balaban J connectivity index is 2.73. The maximum absolute atomic E-state index is 12.0. The predicted molar refractivity (Wildman–Crippen MR) is 61.2 cm³/mol. The number of methoxy groups -OCH3 is 2. The largest absolute Gasteiger partial charge is 0.496 e. The van der Waals surface area contributed by atoms with Gasteiger partial charge >= 0.3 is 0 Å². The van der Waals surface area contributed by atoms with Crippen LogP contribution in [0.3, 0.4) is 0 Å². The minimum Gasteiger partial charge on any atom is -0.496 e. The summed E-state index contributed by atoms with van der Waals surface area (Å²) in [6.07, 6.45) is 1.82. The van der Waals surface area contributed by atoms with Crippen LogP contribution in [0.2, 0.25) is 0 Å². The molecule has 17 heavy (non-hydrogen) atoms. The van der Waals surface area contributed by atoms with E-state index in [1.165, 1.54) is 20.3 Å². The van der Waals surface area contributed by atoms with Crippen molar-refractivity contribution in [1.29, 1.82) is 0 Å². The summed E-state index contributed by atoms with van der Waals surface area (Å²) in [7, 11) is 2.82. The molecule has 1 aromatic rings. The van der Waals surface area contributed by atoms with E-state index in [0.29, 0.717) is 23.2 Å². The van der Waals surface area contributed by atoms with Gasteiger partial charge in [-0.1, -0.05) is 24.3 Å². The number of benzene rings is 1. The van der Waals surface area contributed by atoms with Gasteiger partial charge in [-0.05, 0) is 0 Å². The summed E-state index contributed by atoms with van der Waals surface area (Å²) in [6, 6.07) is 7.04. The maximum atomic E-state index is 12.0. The van der Waals surface area contributed by atoms with Crippen molar-refractivity contribution in [3.8, 4) is 0 Å². The van der Waals surface area contributed by atoms with Gasteiger partial charge in [0.05, 0.1) is 7.11 Å². The zero-order chi connectivity index (χ0) is 12.5. The average molecular weight is 232 g/mol. The molecule has 4 heteroatoms. The normalized spacial score (nSPS) is 22.7. The number of ketones is 1.